The SMILES string of the molecule is CCN1CC[C@](O)(/C=C/c2ccc(C)cc2)[C@H](C(=O)/C=C\c2ccc(C)cc2)C1. The third-order valence-electron chi connectivity index (χ3n) is 5.82. The fraction of sp³-hybridized carbons (Fsp3) is 0.346. The first kappa shape index (κ1) is 21.2. The molecule has 152 valence electrons. The molecule has 1 heterocycles. The van der Waals surface area contributed by atoms with Crippen LogP contribution in [0.1, 0.15) is 35.6 Å². The average Bonchev–Trinajstić information content (AvgIpc) is 2.73. The van der Waals surface area contributed by atoms with Crippen LogP contribution in [0.4, 0.5) is 0 Å². The Morgan fingerprint density at radius 2 is 1.59 bits per heavy atom. The van der Waals surface area contributed by atoms with Gasteiger partial charge in [0.25, 0.3) is 0 Å². The fourth-order valence-corrected chi connectivity index (χ4v) is 3.73. The van der Waals surface area contributed by atoms with Gasteiger partial charge in [-0.2, -0.15) is 0 Å². The maximum absolute atomic E-state index is 13.1. The average molecular weight is 390 g/mol. The summed E-state index contributed by atoms with van der Waals surface area (Å²) in [4.78, 5) is 15.3. The van der Waals surface area contributed by atoms with Gasteiger partial charge in [0.1, 0.15) is 0 Å². The van der Waals surface area contributed by atoms with Crippen LogP contribution in [-0.4, -0.2) is 41.0 Å². The van der Waals surface area contributed by atoms with E-state index in [0.717, 1.165) is 24.2 Å². The smallest absolute Gasteiger partial charge is 0.163 e. The number of hydrogen-bond acceptors (Lipinski definition) is 3. The largest absolute Gasteiger partial charge is 0.385 e. The minimum Gasteiger partial charge on any atom is -0.385 e. The van der Waals surface area contributed by atoms with Crippen molar-refractivity contribution in [3.8, 4) is 0 Å². The number of benzene rings is 2. The molecular weight excluding hydrogens is 358 g/mol. The predicted octanol–water partition coefficient (Wildman–Crippen LogP) is 4.67. The van der Waals surface area contributed by atoms with Gasteiger partial charge >= 0.3 is 0 Å². The molecular formula is C26H31NO2. The Morgan fingerprint density at radius 1 is 1.03 bits per heavy atom. The highest BCUT2D eigenvalue weighted by molar-refractivity contribution is 5.96. The first-order valence-corrected chi connectivity index (χ1v) is 10.4. The zero-order valence-electron chi connectivity index (χ0n) is 17.6. The van der Waals surface area contributed by atoms with Gasteiger partial charge in [-0.25, -0.2) is 0 Å². The molecule has 2 aromatic rings. The summed E-state index contributed by atoms with van der Waals surface area (Å²) < 4.78 is 0. The molecule has 3 heteroatoms. The Bertz CT molecular complexity index is 880. The molecule has 0 radical (unpaired) electrons. The van der Waals surface area contributed by atoms with Crippen molar-refractivity contribution in [2.75, 3.05) is 19.6 Å². The highest BCUT2D eigenvalue weighted by atomic mass is 16.3. The first-order valence-electron chi connectivity index (χ1n) is 10.4. The molecule has 0 amide bonds. The summed E-state index contributed by atoms with van der Waals surface area (Å²) in [6.45, 7) is 8.43. The van der Waals surface area contributed by atoms with Gasteiger partial charge in [-0.3, -0.25) is 4.79 Å². The third-order valence-corrected chi connectivity index (χ3v) is 5.82. The highest BCUT2D eigenvalue weighted by Gasteiger charge is 2.42. The van der Waals surface area contributed by atoms with Crippen LogP contribution in [0.25, 0.3) is 12.2 Å². The molecule has 0 saturated carbocycles. The summed E-state index contributed by atoms with van der Waals surface area (Å²) in [7, 11) is 0. The van der Waals surface area contributed by atoms with Gasteiger partial charge in [0.15, 0.2) is 5.78 Å². The lowest BCUT2D eigenvalue weighted by molar-refractivity contribution is -0.129. The molecule has 0 bridgehead atoms. The molecule has 1 N–H and O–H groups in total. The van der Waals surface area contributed by atoms with Crippen LogP contribution in [0, 0.1) is 19.8 Å². The molecule has 1 saturated heterocycles. The molecule has 0 aromatic heterocycles. The normalized spacial score (nSPS) is 23.1. The Labute approximate surface area is 174 Å². The number of rotatable bonds is 6. The van der Waals surface area contributed by atoms with Crippen LogP contribution in [0.3, 0.4) is 0 Å². The van der Waals surface area contributed by atoms with Crippen LogP contribution in [0.15, 0.2) is 60.7 Å². The number of nitrogens with zero attached hydrogens (tertiary/aromatic N) is 1. The minimum absolute atomic E-state index is 0.0280. The van der Waals surface area contributed by atoms with E-state index in [1.165, 1.54) is 11.1 Å². The number of aliphatic hydroxyl groups is 1. The van der Waals surface area contributed by atoms with Crippen molar-refractivity contribution in [3.63, 3.8) is 0 Å². The van der Waals surface area contributed by atoms with E-state index in [0.29, 0.717) is 13.0 Å². The summed E-state index contributed by atoms with van der Waals surface area (Å²) in [5.74, 6) is -0.501. The van der Waals surface area contributed by atoms with Crippen molar-refractivity contribution < 1.29 is 9.90 Å². The van der Waals surface area contributed by atoms with Gasteiger partial charge in [-0.1, -0.05) is 84.8 Å². The quantitative estimate of drug-likeness (QED) is 0.730. The lowest BCUT2D eigenvalue weighted by Crippen LogP contribution is -2.53. The number of aryl methyl sites for hydroxylation is 2. The fourth-order valence-electron chi connectivity index (χ4n) is 3.73. The second kappa shape index (κ2) is 9.34. The standard InChI is InChI=1S/C26H31NO2/c1-4-27-18-17-26(29,16-15-23-11-7-21(3)8-12-23)24(19-27)25(28)14-13-22-9-5-20(2)6-10-22/h5-16,24,29H,4,17-19H2,1-3H3/b14-13-,16-15+/t24-,26+/m0/s1. The molecule has 0 unspecified atom stereocenters. The lowest BCUT2D eigenvalue weighted by atomic mass is 9.77. The van der Waals surface area contributed by atoms with E-state index < -0.39 is 11.5 Å². The molecule has 2 atom stereocenters. The van der Waals surface area contributed by atoms with E-state index in [9.17, 15) is 9.90 Å². The van der Waals surface area contributed by atoms with Crippen molar-refractivity contribution in [1.82, 2.24) is 4.90 Å². The first-order chi connectivity index (χ1) is 13.9. The van der Waals surface area contributed by atoms with Crippen molar-refractivity contribution >= 4 is 17.9 Å². The number of likely N-dealkylation sites (tertiary alicyclic amines) is 1. The van der Waals surface area contributed by atoms with Crippen molar-refractivity contribution in [2.24, 2.45) is 5.92 Å². The topological polar surface area (TPSA) is 40.5 Å². The molecule has 1 fully saturated rings. The lowest BCUT2D eigenvalue weighted by Gasteiger charge is -2.41. The third kappa shape index (κ3) is 5.53. The van der Waals surface area contributed by atoms with E-state index in [1.54, 1.807) is 6.08 Å². The summed E-state index contributed by atoms with van der Waals surface area (Å²) in [6.07, 6.45) is 7.78. The molecule has 3 nitrogen and oxygen atoms in total. The van der Waals surface area contributed by atoms with Crippen LogP contribution in [0.5, 0.6) is 0 Å². The minimum atomic E-state index is -1.13. The Kier molecular flexibility index (Phi) is 6.83. The van der Waals surface area contributed by atoms with Gasteiger partial charge in [-0.15, -0.1) is 0 Å². The van der Waals surface area contributed by atoms with Crippen LogP contribution < -0.4 is 0 Å². The van der Waals surface area contributed by atoms with Crippen molar-refractivity contribution in [2.45, 2.75) is 32.8 Å². The number of hydrogen-bond donors (Lipinski definition) is 1. The highest BCUT2D eigenvalue weighted by Crippen LogP contribution is 2.31. The van der Waals surface area contributed by atoms with E-state index in [2.05, 4.69) is 30.9 Å². The van der Waals surface area contributed by atoms with Gasteiger partial charge in [0.05, 0.1) is 11.5 Å². The Hall–Kier alpha value is -2.49. The number of carbonyl (C=O) groups excluding carboxylic acids is 1. The maximum atomic E-state index is 13.1. The predicted molar refractivity (Wildman–Crippen MR) is 121 cm³/mol. The van der Waals surface area contributed by atoms with E-state index >= 15 is 0 Å². The van der Waals surface area contributed by atoms with Crippen LogP contribution >= 0.6 is 0 Å². The summed E-state index contributed by atoms with van der Waals surface area (Å²) in [6, 6.07) is 16.2. The number of allylic oxidation sites excluding steroid dienone is 1. The van der Waals surface area contributed by atoms with Gasteiger partial charge < -0.3 is 10.0 Å². The molecule has 29 heavy (non-hydrogen) atoms. The molecule has 0 spiro atoms. The Morgan fingerprint density at radius 3 is 2.14 bits per heavy atom. The van der Waals surface area contributed by atoms with Gasteiger partial charge in [0.2, 0.25) is 0 Å². The molecule has 2 aromatic carbocycles. The second-order valence-corrected chi connectivity index (χ2v) is 8.08. The molecule has 3 rings (SSSR count). The van der Waals surface area contributed by atoms with Gasteiger partial charge in [0, 0.05) is 13.1 Å². The zero-order valence-corrected chi connectivity index (χ0v) is 17.6. The van der Waals surface area contributed by atoms with E-state index in [-0.39, 0.29) is 5.78 Å². The van der Waals surface area contributed by atoms with Crippen molar-refractivity contribution in [3.05, 3.63) is 82.9 Å². The van der Waals surface area contributed by atoms with E-state index in [4.69, 9.17) is 0 Å². The number of carbonyl (C=O) groups is 1. The maximum Gasteiger partial charge on any atom is 0.163 e. The van der Waals surface area contributed by atoms with Gasteiger partial charge in [-0.05, 0) is 44.0 Å². The zero-order chi connectivity index (χ0) is 20.9. The Balaban J connectivity index is 1.81. The van der Waals surface area contributed by atoms with Crippen LogP contribution in [-0.2, 0) is 4.79 Å². The number of piperidine rings is 1. The van der Waals surface area contributed by atoms with Crippen LogP contribution in [0.2, 0.25) is 0 Å². The second-order valence-electron chi connectivity index (χ2n) is 8.08. The molecule has 1 aliphatic rings. The molecule has 0 aliphatic carbocycles. The monoisotopic (exact) mass is 389 g/mol. The summed E-state index contributed by atoms with van der Waals surface area (Å²) in [5, 5.41) is 11.4. The van der Waals surface area contributed by atoms with Crippen molar-refractivity contribution in [1.29, 1.82) is 0 Å². The summed E-state index contributed by atoms with van der Waals surface area (Å²) in [5.41, 5.74) is 3.28. The van der Waals surface area contributed by atoms with E-state index in [1.807, 2.05) is 61.5 Å². The number of ketones is 1. The molecule has 1 aliphatic heterocycles. The summed E-state index contributed by atoms with van der Waals surface area (Å²) >= 11 is 0.